The van der Waals surface area contributed by atoms with Crippen LogP contribution < -0.4 is 5.73 Å². The molecule has 0 aromatic carbocycles. The Morgan fingerprint density at radius 1 is 1.29 bits per heavy atom. The van der Waals surface area contributed by atoms with E-state index in [2.05, 4.69) is 0 Å². The van der Waals surface area contributed by atoms with Gasteiger partial charge in [0.25, 0.3) is 0 Å². The summed E-state index contributed by atoms with van der Waals surface area (Å²) in [6, 6.07) is 1.96. The highest BCUT2D eigenvalue weighted by atomic mass is 32.2. The lowest BCUT2D eigenvalue weighted by Gasteiger charge is -2.30. The molecular weight excluding hydrogens is 286 g/mol. The molecule has 0 spiro atoms. The number of aryl methyl sites for hydroxylation is 1. The predicted octanol–water partition coefficient (Wildman–Crippen LogP) is 1.92. The van der Waals surface area contributed by atoms with Gasteiger partial charge >= 0.3 is 0 Å². The van der Waals surface area contributed by atoms with E-state index in [1.54, 1.807) is 16.6 Å². The largest absolute Gasteiger partial charge is 0.349 e. The molecule has 1 saturated carbocycles. The molecule has 1 aromatic rings. The van der Waals surface area contributed by atoms with E-state index in [-0.39, 0.29) is 6.04 Å². The Kier molecular flexibility index (Phi) is 4.12. The summed E-state index contributed by atoms with van der Waals surface area (Å²) in [4.78, 5) is 0.413. The minimum Gasteiger partial charge on any atom is -0.349 e. The lowest BCUT2D eigenvalue weighted by atomic mass is 9.86. The molecule has 5 nitrogen and oxygen atoms in total. The lowest BCUT2D eigenvalue weighted by molar-refractivity contribution is 0.260. The molecule has 0 amide bonds. The van der Waals surface area contributed by atoms with Gasteiger partial charge in [-0.2, -0.15) is 4.31 Å². The molecule has 2 atom stereocenters. The van der Waals surface area contributed by atoms with Crippen LogP contribution in [0.1, 0.15) is 44.7 Å². The van der Waals surface area contributed by atoms with Crippen molar-refractivity contribution in [1.82, 2.24) is 8.87 Å². The third-order valence-electron chi connectivity index (χ3n) is 5.08. The summed E-state index contributed by atoms with van der Waals surface area (Å²) in [5.74, 6) is 0.566. The molecule has 1 aliphatic carbocycles. The maximum atomic E-state index is 13.0. The molecule has 2 fully saturated rings. The number of sulfonamides is 1. The number of nitrogens with two attached hydrogens (primary N) is 1. The van der Waals surface area contributed by atoms with E-state index >= 15 is 0 Å². The van der Waals surface area contributed by atoms with Crippen LogP contribution in [-0.2, 0) is 23.1 Å². The average molecular weight is 311 g/mol. The van der Waals surface area contributed by atoms with Crippen molar-refractivity contribution < 1.29 is 8.42 Å². The highest BCUT2D eigenvalue weighted by Gasteiger charge is 2.42. The average Bonchev–Trinajstić information content (AvgIpc) is 3.11. The third-order valence-corrected chi connectivity index (χ3v) is 6.97. The fourth-order valence-corrected chi connectivity index (χ4v) is 5.73. The van der Waals surface area contributed by atoms with Crippen LogP contribution in [0.3, 0.4) is 0 Å². The summed E-state index contributed by atoms with van der Waals surface area (Å²) in [5.41, 5.74) is 6.60. The quantitative estimate of drug-likeness (QED) is 0.923. The Morgan fingerprint density at radius 2 is 2.05 bits per heavy atom. The summed E-state index contributed by atoms with van der Waals surface area (Å²) >= 11 is 0. The van der Waals surface area contributed by atoms with Crippen LogP contribution in [0.2, 0.25) is 0 Å². The monoisotopic (exact) mass is 311 g/mol. The zero-order valence-corrected chi connectivity index (χ0v) is 13.5. The van der Waals surface area contributed by atoms with Gasteiger partial charge in [-0.1, -0.05) is 12.8 Å². The van der Waals surface area contributed by atoms with Gasteiger partial charge < -0.3 is 10.3 Å². The van der Waals surface area contributed by atoms with E-state index in [9.17, 15) is 8.42 Å². The van der Waals surface area contributed by atoms with Crippen LogP contribution in [0.15, 0.2) is 17.2 Å². The molecule has 2 unspecified atom stereocenters. The molecule has 118 valence electrons. The molecule has 21 heavy (non-hydrogen) atoms. The highest BCUT2D eigenvalue weighted by Crippen LogP contribution is 2.39. The predicted molar refractivity (Wildman–Crippen MR) is 82.3 cm³/mol. The van der Waals surface area contributed by atoms with E-state index in [0.29, 0.717) is 23.9 Å². The standard InChI is InChI=1S/C15H25N3O2S/c1-2-17-11-14(9-13(17)10-16)21(19,20)18-8-7-12-5-3-4-6-15(12)18/h9,11-12,15H,2-8,10,16H2,1H3. The normalized spacial score (nSPS) is 27.0. The summed E-state index contributed by atoms with van der Waals surface area (Å²) < 4.78 is 29.6. The molecule has 0 radical (unpaired) electrons. The second kappa shape index (κ2) is 5.74. The van der Waals surface area contributed by atoms with Gasteiger partial charge in [0.2, 0.25) is 10.0 Å². The van der Waals surface area contributed by atoms with Crippen LogP contribution in [0.5, 0.6) is 0 Å². The van der Waals surface area contributed by atoms with Crippen molar-refractivity contribution in [2.45, 2.75) is 63.1 Å². The summed E-state index contributed by atoms with van der Waals surface area (Å²) in [6.07, 6.45) is 7.36. The van der Waals surface area contributed by atoms with Gasteiger partial charge in [0.1, 0.15) is 4.90 Å². The van der Waals surface area contributed by atoms with E-state index < -0.39 is 10.0 Å². The van der Waals surface area contributed by atoms with Crippen LogP contribution in [0.25, 0.3) is 0 Å². The highest BCUT2D eigenvalue weighted by molar-refractivity contribution is 7.89. The summed E-state index contributed by atoms with van der Waals surface area (Å²) in [7, 11) is -3.37. The molecular formula is C15H25N3O2S. The smallest absolute Gasteiger partial charge is 0.244 e. The zero-order chi connectivity index (χ0) is 15.0. The van der Waals surface area contributed by atoms with Gasteiger partial charge in [0, 0.05) is 37.6 Å². The van der Waals surface area contributed by atoms with Crippen molar-refractivity contribution in [3.63, 3.8) is 0 Å². The Morgan fingerprint density at radius 3 is 2.71 bits per heavy atom. The van der Waals surface area contributed by atoms with Crippen molar-refractivity contribution in [2.75, 3.05) is 6.54 Å². The first-order valence-corrected chi connectivity index (χ1v) is 9.43. The number of hydrogen-bond acceptors (Lipinski definition) is 3. The van der Waals surface area contributed by atoms with Gasteiger partial charge in [0.05, 0.1) is 0 Å². The van der Waals surface area contributed by atoms with Crippen LogP contribution in [-0.4, -0.2) is 29.9 Å². The van der Waals surface area contributed by atoms with E-state index in [4.69, 9.17) is 5.73 Å². The molecule has 1 aromatic heterocycles. The number of aromatic nitrogens is 1. The summed E-state index contributed by atoms with van der Waals surface area (Å²) in [6.45, 7) is 3.79. The molecule has 1 saturated heterocycles. The maximum absolute atomic E-state index is 13.0. The van der Waals surface area contributed by atoms with Gasteiger partial charge in [0.15, 0.2) is 0 Å². The Labute approximate surface area is 127 Å². The van der Waals surface area contributed by atoms with Crippen molar-refractivity contribution in [3.05, 3.63) is 18.0 Å². The Balaban J connectivity index is 1.91. The number of nitrogens with zero attached hydrogens (tertiary/aromatic N) is 2. The first kappa shape index (κ1) is 15.1. The van der Waals surface area contributed by atoms with Crippen molar-refractivity contribution in [2.24, 2.45) is 11.7 Å². The van der Waals surface area contributed by atoms with Crippen LogP contribution >= 0.6 is 0 Å². The first-order chi connectivity index (χ1) is 10.1. The second-order valence-corrected chi connectivity index (χ2v) is 8.06. The lowest BCUT2D eigenvalue weighted by Crippen LogP contribution is -2.39. The van der Waals surface area contributed by atoms with E-state index in [0.717, 1.165) is 31.5 Å². The Hall–Kier alpha value is -0.850. The molecule has 6 heteroatoms. The van der Waals surface area contributed by atoms with E-state index in [1.165, 1.54) is 12.8 Å². The van der Waals surface area contributed by atoms with Gasteiger partial charge in [-0.3, -0.25) is 0 Å². The van der Waals surface area contributed by atoms with Crippen molar-refractivity contribution in [1.29, 1.82) is 0 Å². The molecule has 2 N–H and O–H groups in total. The third kappa shape index (κ3) is 2.53. The molecule has 1 aliphatic heterocycles. The van der Waals surface area contributed by atoms with Gasteiger partial charge in [-0.15, -0.1) is 0 Å². The minimum absolute atomic E-state index is 0.218. The number of fused-ring (bicyclic) bond motifs is 1. The van der Waals surface area contributed by atoms with Crippen molar-refractivity contribution in [3.8, 4) is 0 Å². The summed E-state index contributed by atoms with van der Waals surface area (Å²) in [5, 5.41) is 0. The number of rotatable bonds is 4. The molecule has 3 rings (SSSR count). The molecule has 0 bridgehead atoms. The van der Waals surface area contributed by atoms with Gasteiger partial charge in [-0.05, 0) is 38.2 Å². The first-order valence-electron chi connectivity index (χ1n) is 7.99. The number of hydrogen-bond donors (Lipinski definition) is 1. The molecule has 2 aliphatic rings. The van der Waals surface area contributed by atoms with Gasteiger partial charge in [-0.25, -0.2) is 8.42 Å². The maximum Gasteiger partial charge on any atom is 0.244 e. The van der Waals surface area contributed by atoms with Crippen molar-refractivity contribution >= 4 is 10.0 Å². The van der Waals surface area contributed by atoms with Crippen LogP contribution in [0.4, 0.5) is 0 Å². The van der Waals surface area contributed by atoms with E-state index in [1.807, 2.05) is 11.5 Å². The topological polar surface area (TPSA) is 68.3 Å². The second-order valence-electron chi connectivity index (χ2n) is 6.17. The fraction of sp³-hybridized carbons (Fsp3) is 0.733. The minimum atomic E-state index is -3.37. The van der Waals surface area contributed by atoms with Crippen LogP contribution in [0, 0.1) is 5.92 Å². The SMILES string of the molecule is CCn1cc(S(=O)(=O)N2CCC3CCCCC32)cc1CN. The zero-order valence-electron chi connectivity index (χ0n) is 12.7. The fourth-order valence-electron chi connectivity index (χ4n) is 3.93. The Bertz CT molecular complexity index is 587. The molecule has 2 heterocycles.